The molecule has 0 spiro atoms. The summed E-state index contributed by atoms with van der Waals surface area (Å²) >= 11 is 1.44. The minimum atomic E-state index is -0.129. The van der Waals surface area contributed by atoms with Crippen molar-refractivity contribution in [2.75, 3.05) is 0 Å². The summed E-state index contributed by atoms with van der Waals surface area (Å²) < 4.78 is 0. The highest BCUT2D eigenvalue weighted by Crippen LogP contribution is 2.21. The summed E-state index contributed by atoms with van der Waals surface area (Å²) in [6.07, 6.45) is 1.75. The number of aromatic nitrogens is 2. The van der Waals surface area contributed by atoms with Crippen molar-refractivity contribution in [2.45, 2.75) is 30.7 Å². The lowest BCUT2D eigenvalue weighted by molar-refractivity contribution is 0.816. The maximum atomic E-state index is 11.6. The van der Waals surface area contributed by atoms with Crippen molar-refractivity contribution in [3.05, 3.63) is 57.5 Å². The molecular weight excluding hydrogens is 284 g/mol. The van der Waals surface area contributed by atoms with Crippen LogP contribution in [0.1, 0.15) is 30.2 Å². The summed E-state index contributed by atoms with van der Waals surface area (Å²) in [7, 11) is 0. The van der Waals surface area contributed by atoms with E-state index in [1.807, 2.05) is 24.3 Å². The highest BCUT2D eigenvalue weighted by atomic mass is 32.2. The minimum absolute atomic E-state index is 0.0485. The van der Waals surface area contributed by atoms with Gasteiger partial charge < -0.3 is 10.7 Å². The van der Waals surface area contributed by atoms with Gasteiger partial charge in [0.15, 0.2) is 5.16 Å². The quantitative estimate of drug-likeness (QED) is 0.330. The fourth-order valence-corrected chi connectivity index (χ4v) is 2.89. The summed E-state index contributed by atoms with van der Waals surface area (Å²) in [4.78, 5) is 18.8. The maximum Gasteiger partial charge on any atom is 0.251 e. The second-order valence-corrected chi connectivity index (χ2v) is 5.62. The molecule has 0 atom stereocenters. The topological polar surface area (TPSA) is 95.6 Å². The van der Waals surface area contributed by atoms with E-state index < -0.39 is 0 Å². The molecule has 5 nitrogen and oxygen atoms in total. The fraction of sp³-hybridized carbons (Fsp3) is 0.267. The molecular formula is C15H18N4OS. The molecule has 0 saturated heterocycles. The predicted octanol–water partition coefficient (Wildman–Crippen LogP) is 2.30. The molecule has 0 bridgehead atoms. The van der Waals surface area contributed by atoms with Crippen molar-refractivity contribution in [1.82, 2.24) is 9.97 Å². The monoisotopic (exact) mass is 302 g/mol. The number of hydrogen-bond donors (Lipinski definition) is 3. The molecule has 0 saturated carbocycles. The van der Waals surface area contributed by atoms with Gasteiger partial charge in [0.25, 0.3) is 5.56 Å². The number of nitrogens with two attached hydrogens (primary N) is 1. The van der Waals surface area contributed by atoms with E-state index in [-0.39, 0.29) is 11.4 Å². The molecule has 2 aromatic rings. The molecule has 1 aromatic heterocycles. The Labute approximate surface area is 127 Å². The standard InChI is InChI=1S/C15H18N4OS/c1-2-5-11-8-13(20)19-15(18-11)21-9-10-6-3-4-7-12(10)14(16)17/h3-4,6-8H,2,5,9H2,1H3,(H3,16,17)(H,18,19,20). The number of aryl methyl sites for hydroxylation is 1. The average Bonchev–Trinajstić information content (AvgIpc) is 2.45. The van der Waals surface area contributed by atoms with Crippen LogP contribution < -0.4 is 11.3 Å². The van der Waals surface area contributed by atoms with E-state index in [1.54, 1.807) is 0 Å². The smallest absolute Gasteiger partial charge is 0.251 e. The Morgan fingerprint density at radius 2 is 2.19 bits per heavy atom. The van der Waals surface area contributed by atoms with Crippen LogP contribution in [0.5, 0.6) is 0 Å². The van der Waals surface area contributed by atoms with Crippen LogP contribution >= 0.6 is 11.8 Å². The highest BCUT2D eigenvalue weighted by Gasteiger charge is 2.07. The molecule has 110 valence electrons. The number of amidine groups is 1. The van der Waals surface area contributed by atoms with Gasteiger partial charge in [0.2, 0.25) is 0 Å². The van der Waals surface area contributed by atoms with Gasteiger partial charge in [0.1, 0.15) is 5.84 Å². The third-order valence-electron chi connectivity index (χ3n) is 2.95. The van der Waals surface area contributed by atoms with E-state index in [2.05, 4.69) is 16.9 Å². The Morgan fingerprint density at radius 3 is 2.90 bits per heavy atom. The first-order chi connectivity index (χ1) is 10.1. The van der Waals surface area contributed by atoms with Crippen LogP contribution in [0.3, 0.4) is 0 Å². The van der Waals surface area contributed by atoms with Gasteiger partial charge in [0.05, 0.1) is 0 Å². The highest BCUT2D eigenvalue weighted by molar-refractivity contribution is 7.98. The van der Waals surface area contributed by atoms with Crippen LogP contribution in [0.15, 0.2) is 40.3 Å². The molecule has 6 heteroatoms. The summed E-state index contributed by atoms with van der Waals surface area (Å²) in [5.74, 6) is 0.654. The molecule has 21 heavy (non-hydrogen) atoms. The van der Waals surface area contributed by atoms with Crippen LogP contribution in [-0.2, 0) is 12.2 Å². The molecule has 0 aliphatic rings. The van der Waals surface area contributed by atoms with Crippen LogP contribution in [0.4, 0.5) is 0 Å². The number of H-pyrrole nitrogens is 1. The second kappa shape index (κ2) is 7.08. The molecule has 0 radical (unpaired) electrons. The molecule has 1 heterocycles. The first kappa shape index (κ1) is 15.3. The molecule has 0 aliphatic heterocycles. The first-order valence-electron chi connectivity index (χ1n) is 6.75. The maximum absolute atomic E-state index is 11.6. The number of nitrogen functional groups attached to an aromatic ring is 1. The number of hydrogen-bond acceptors (Lipinski definition) is 4. The summed E-state index contributed by atoms with van der Waals surface area (Å²) in [5, 5.41) is 8.18. The van der Waals surface area contributed by atoms with E-state index in [9.17, 15) is 4.79 Å². The summed E-state index contributed by atoms with van der Waals surface area (Å²) in [5.41, 5.74) is 7.93. The van der Waals surface area contributed by atoms with Crippen LogP contribution in [-0.4, -0.2) is 15.8 Å². The van der Waals surface area contributed by atoms with Crippen molar-refractivity contribution in [3.63, 3.8) is 0 Å². The summed E-state index contributed by atoms with van der Waals surface area (Å²) in [6.45, 7) is 2.05. The van der Waals surface area contributed by atoms with Crippen LogP contribution in [0, 0.1) is 5.41 Å². The van der Waals surface area contributed by atoms with Crippen molar-refractivity contribution >= 4 is 17.6 Å². The third kappa shape index (κ3) is 4.19. The lowest BCUT2D eigenvalue weighted by Crippen LogP contribution is -2.13. The first-order valence-corrected chi connectivity index (χ1v) is 7.74. The van der Waals surface area contributed by atoms with Crippen LogP contribution in [0.2, 0.25) is 0 Å². The number of rotatable bonds is 6. The normalized spacial score (nSPS) is 10.5. The zero-order valence-corrected chi connectivity index (χ0v) is 12.7. The molecule has 1 aromatic carbocycles. The average molecular weight is 302 g/mol. The number of thioether (sulfide) groups is 1. The lowest BCUT2D eigenvalue weighted by atomic mass is 10.1. The molecule has 0 aliphatic carbocycles. The predicted molar refractivity (Wildman–Crippen MR) is 85.9 cm³/mol. The molecule has 0 amide bonds. The fourth-order valence-electron chi connectivity index (χ4n) is 1.99. The molecule has 4 N–H and O–H groups in total. The Morgan fingerprint density at radius 1 is 1.43 bits per heavy atom. The zero-order valence-electron chi connectivity index (χ0n) is 11.8. The Balaban J connectivity index is 2.17. The van der Waals surface area contributed by atoms with Crippen molar-refractivity contribution in [3.8, 4) is 0 Å². The van der Waals surface area contributed by atoms with Gasteiger partial charge in [0, 0.05) is 23.1 Å². The number of nitrogens with one attached hydrogen (secondary N) is 2. The van der Waals surface area contributed by atoms with E-state index in [0.717, 1.165) is 29.7 Å². The molecule has 2 rings (SSSR count). The van der Waals surface area contributed by atoms with Gasteiger partial charge in [-0.25, -0.2) is 4.98 Å². The van der Waals surface area contributed by atoms with Gasteiger partial charge >= 0.3 is 0 Å². The zero-order chi connectivity index (χ0) is 15.2. The van der Waals surface area contributed by atoms with E-state index in [4.69, 9.17) is 11.1 Å². The second-order valence-electron chi connectivity index (χ2n) is 4.65. The van der Waals surface area contributed by atoms with Crippen LogP contribution in [0.25, 0.3) is 0 Å². The number of benzene rings is 1. The van der Waals surface area contributed by atoms with Crippen molar-refractivity contribution in [1.29, 1.82) is 5.41 Å². The van der Waals surface area contributed by atoms with Gasteiger partial charge in [-0.15, -0.1) is 0 Å². The Hall–Kier alpha value is -2.08. The van der Waals surface area contributed by atoms with Gasteiger partial charge in [-0.1, -0.05) is 49.4 Å². The van der Waals surface area contributed by atoms with Crippen molar-refractivity contribution < 1.29 is 0 Å². The molecule has 0 fully saturated rings. The number of aromatic amines is 1. The largest absolute Gasteiger partial charge is 0.384 e. The van der Waals surface area contributed by atoms with Gasteiger partial charge in [-0.3, -0.25) is 10.2 Å². The van der Waals surface area contributed by atoms with Crippen molar-refractivity contribution in [2.24, 2.45) is 5.73 Å². The minimum Gasteiger partial charge on any atom is -0.384 e. The lowest BCUT2D eigenvalue weighted by Gasteiger charge is -2.08. The van der Waals surface area contributed by atoms with E-state index in [1.165, 1.54) is 17.8 Å². The Bertz CT molecular complexity index is 696. The Kier molecular flexibility index (Phi) is 5.16. The number of nitrogens with zero attached hydrogens (tertiary/aromatic N) is 1. The third-order valence-corrected chi connectivity index (χ3v) is 3.87. The summed E-state index contributed by atoms with van der Waals surface area (Å²) in [6, 6.07) is 9.05. The SMILES string of the molecule is CCCc1cc(=O)[nH]c(SCc2ccccc2C(=N)N)n1. The molecule has 0 unspecified atom stereocenters. The van der Waals surface area contributed by atoms with E-state index >= 15 is 0 Å². The van der Waals surface area contributed by atoms with Gasteiger partial charge in [-0.05, 0) is 12.0 Å². The van der Waals surface area contributed by atoms with Gasteiger partial charge in [-0.2, -0.15) is 0 Å². The van der Waals surface area contributed by atoms with E-state index in [0.29, 0.717) is 10.9 Å².